The van der Waals surface area contributed by atoms with Crippen molar-refractivity contribution in [3.05, 3.63) is 63.9 Å². The van der Waals surface area contributed by atoms with Crippen molar-refractivity contribution < 1.29 is 9.18 Å². The molecule has 2 aliphatic heterocycles. The van der Waals surface area contributed by atoms with Crippen LogP contribution in [0.3, 0.4) is 0 Å². The molecular weight excluding hydrogens is 371 g/mol. The second-order valence-corrected chi connectivity index (χ2v) is 7.37. The minimum Gasteiger partial charge on any atom is -0.325 e. The normalized spacial score (nSPS) is 19.3. The number of hydrogen-bond donors (Lipinski definition) is 1. The third-order valence-electron chi connectivity index (χ3n) is 5.21. The van der Waals surface area contributed by atoms with Gasteiger partial charge in [-0.15, -0.1) is 0 Å². The van der Waals surface area contributed by atoms with Gasteiger partial charge in [0, 0.05) is 17.8 Å². The number of nitrogens with zero attached hydrogens (tertiary/aromatic N) is 1. The molecule has 0 bridgehead atoms. The highest BCUT2D eigenvalue weighted by molar-refractivity contribution is 9.10. The summed E-state index contributed by atoms with van der Waals surface area (Å²) in [6.45, 7) is 2.53. The number of amides is 1. The minimum absolute atomic E-state index is 0.00293. The molecule has 0 radical (unpaired) electrons. The van der Waals surface area contributed by atoms with E-state index < -0.39 is 5.41 Å². The number of piperidine rings is 1. The predicted molar refractivity (Wildman–Crippen MR) is 95.4 cm³/mol. The van der Waals surface area contributed by atoms with E-state index in [9.17, 15) is 9.18 Å². The zero-order valence-corrected chi connectivity index (χ0v) is 14.8. The lowest BCUT2D eigenvalue weighted by atomic mass is 9.73. The SMILES string of the molecule is O=C1Nc2ccc(F)c(Br)c2C12CCN(Cc1ccccc1)CC2. The van der Waals surface area contributed by atoms with Crippen LogP contribution in [0.1, 0.15) is 24.0 Å². The molecule has 1 spiro atoms. The summed E-state index contributed by atoms with van der Waals surface area (Å²) < 4.78 is 14.4. The van der Waals surface area contributed by atoms with Crippen molar-refractivity contribution in [2.75, 3.05) is 18.4 Å². The van der Waals surface area contributed by atoms with Gasteiger partial charge in [0.15, 0.2) is 0 Å². The molecule has 0 saturated carbocycles. The maximum Gasteiger partial charge on any atom is 0.235 e. The summed E-state index contributed by atoms with van der Waals surface area (Å²) in [7, 11) is 0. The number of benzene rings is 2. The highest BCUT2D eigenvalue weighted by Crippen LogP contribution is 2.48. The Kier molecular flexibility index (Phi) is 3.93. The number of anilines is 1. The molecule has 0 aliphatic carbocycles. The van der Waals surface area contributed by atoms with Crippen LogP contribution in [0.4, 0.5) is 10.1 Å². The zero-order valence-electron chi connectivity index (χ0n) is 13.2. The van der Waals surface area contributed by atoms with Crippen molar-refractivity contribution in [3.8, 4) is 0 Å². The standard InChI is InChI=1S/C19H18BrFN2O/c20-17-14(21)6-7-15-16(17)19(18(24)22-15)8-10-23(11-9-19)12-13-4-2-1-3-5-13/h1-7H,8-12H2,(H,22,24). The Bertz CT molecular complexity index is 785. The lowest BCUT2D eigenvalue weighted by Gasteiger charge is -2.38. The molecule has 5 heteroatoms. The summed E-state index contributed by atoms with van der Waals surface area (Å²) in [5, 5.41) is 2.94. The first-order chi connectivity index (χ1) is 11.6. The lowest BCUT2D eigenvalue weighted by Crippen LogP contribution is -2.46. The largest absolute Gasteiger partial charge is 0.325 e. The highest BCUT2D eigenvalue weighted by Gasteiger charge is 2.50. The number of halogens is 2. The first kappa shape index (κ1) is 15.8. The second-order valence-electron chi connectivity index (χ2n) is 6.58. The third kappa shape index (κ3) is 2.47. The fourth-order valence-electron chi connectivity index (χ4n) is 3.89. The lowest BCUT2D eigenvalue weighted by molar-refractivity contribution is -0.122. The van der Waals surface area contributed by atoms with Crippen molar-refractivity contribution in [1.29, 1.82) is 0 Å². The van der Waals surface area contributed by atoms with Crippen LogP contribution in [-0.2, 0) is 16.8 Å². The number of rotatable bonds is 2. The van der Waals surface area contributed by atoms with E-state index in [0.29, 0.717) is 17.3 Å². The van der Waals surface area contributed by atoms with Crippen LogP contribution in [0.5, 0.6) is 0 Å². The number of carbonyl (C=O) groups is 1. The van der Waals surface area contributed by atoms with Crippen LogP contribution in [0.25, 0.3) is 0 Å². The van der Waals surface area contributed by atoms with Crippen LogP contribution in [0.15, 0.2) is 46.9 Å². The van der Waals surface area contributed by atoms with Crippen molar-refractivity contribution in [3.63, 3.8) is 0 Å². The maximum absolute atomic E-state index is 14.0. The van der Waals surface area contributed by atoms with E-state index in [2.05, 4.69) is 38.3 Å². The minimum atomic E-state index is -0.608. The summed E-state index contributed by atoms with van der Waals surface area (Å²) in [6.07, 6.45) is 1.42. The quantitative estimate of drug-likeness (QED) is 0.840. The summed E-state index contributed by atoms with van der Waals surface area (Å²) in [5.41, 5.74) is 2.21. The van der Waals surface area contributed by atoms with E-state index in [1.165, 1.54) is 11.6 Å². The average molecular weight is 389 g/mol. The van der Waals surface area contributed by atoms with Gasteiger partial charge in [0.2, 0.25) is 5.91 Å². The zero-order chi connectivity index (χ0) is 16.7. The van der Waals surface area contributed by atoms with Crippen LogP contribution >= 0.6 is 15.9 Å². The maximum atomic E-state index is 14.0. The molecule has 0 atom stereocenters. The molecule has 0 aromatic heterocycles. The van der Waals surface area contributed by atoms with E-state index in [4.69, 9.17) is 0 Å². The van der Waals surface area contributed by atoms with Crippen molar-refractivity contribution in [2.45, 2.75) is 24.8 Å². The monoisotopic (exact) mass is 388 g/mol. The predicted octanol–water partition coefficient (Wildman–Crippen LogP) is 4.07. The van der Waals surface area contributed by atoms with Crippen molar-refractivity contribution in [2.24, 2.45) is 0 Å². The Morgan fingerprint density at radius 1 is 1.12 bits per heavy atom. The molecule has 0 unspecified atom stereocenters. The number of nitrogens with one attached hydrogen (secondary N) is 1. The Labute approximate surface area is 149 Å². The van der Waals surface area contributed by atoms with Crippen molar-refractivity contribution >= 4 is 27.5 Å². The Morgan fingerprint density at radius 2 is 1.83 bits per heavy atom. The van der Waals surface area contributed by atoms with Crippen molar-refractivity contribution in [1.82, 2.24) is 4.90 Å². The van der Waals surface area contributed by atoms with Gasteiger partial charge in [0.25, 0.3) is 0 Å². The van der Waals surface area contributed by atoms with Crippen LogP contribution in [0, 0.1) is 5.82 Å². The number of likely N-dealkylation sites (tertiary alicyclic amines) is 1. The van der Waals surface area contributed by atoms with E-state index >= 15 is 0 Å². The number of carbonyl (C=O) groups excluding carboxylic acids is 1. The topological polar surface area (TPSA) is 32.3 Å². The van der Waals surface area contributed by atoms with Crippen LogP contribution < -0.4 is 5.32 Å². The van der Waals surface area contributed by atoms with E-state index in [1.54, 1.807) is 6.07 Å². The Hall–Kier alpha value is -1.72. The Balaban J connectivity index is 1.57. The molecule has 2 aromatic carbocycles. The van der Waals surface area contributed by atoms with E-state index in [-0.39, 0.29) is 11.7 Å². The van der Waals surface area contributed by atoms with E-state index in [1.807, 2.05) is 18.2 Å². The summed E-state index contributed by atoms with van der Waals surface area (Å²) in [5.74, 6) is -0.306. The molecular formula is C19H18BrFN2O. The highest BCUT2D eigenvalue weighted by atomic mass is 79.9. The molecule has 2 aromatic rings. The molecule has 2 heterocycles. The first-order valence-corrected chi connectivity index (χ1v) is 8.96. The summed E-state index contributed by atoms with van der Waals surface area (Å²) >= 11 is 3.36. The molecule has 3 nitrogen and oxygen atoms in total. The molecule has 124 valence electrons. The molecule has 1 amide bonds. The molecule has 2 aliphatic rings. The molecule has 1 N–H and O–H groups in total. The molecule has 1 fully saturated rings. The van der Waals surface area contributed by atoms with Gasteiger partial charge in [0.05, 0.1) is 9.89 Å². The van der Waals surface area contributed by atoms with Gasteiger partial charge in [0.1, 0.15) is 5.82 Å². The van der Waals surface area contributed by atoms with Crippen LogP contribution in [-0.4, -0.2) is 23.9 Å². The summed E-state index contributed by atoms with van der Waals surface area (Å²) in [4.78, 5) is 15.0. The Morgan fingerprint density at radius 3 is 2.54 bits per heavy atom. The fourth-order valence-corrected chi connectivity index (χ4v) is 4.61. The number of hydrogen-bond acceptors (Lipinski definition) is 2. The van der Waals surface area contributed by atoms with Crippen LogP contribution in [0.2, 0.25) is 0 Å². The molecule has 24 heavy (non-hydrogen) atoms. The summed E-state index contributed by atoms with van der Waals surface area (Å²) in [6, 6.07) is 13.4. The molecule has 4 rings (SSSR count). The van der Waals surface area contributed by atoms with Gasteiger partial charge >= 0.3 is 0 Å². The van der Waals surface area contributed by atoms with Gasteiger partial charge in [-0.05, 0) is 59.6 Å². The molecule has 1 saturated heterocycles. The second kappa shape index (κ2) is 5.97. The van der Waals surface area contributed by atoms with Gasteiger partial charge in [-0.1, -0.05) is 30.3 Å². The van der Waals surface area contributed by atoms with E-state index in [0.717, 1.165) is 30.9 Å². The van der Waals surface area contributed by atoms with Gasteiger partial charge in [-0.3, -0.25) is 9.69 Å². The first-order valence-electron chi connectivity index (χ1n) is 8.16. The third-order valence-corrected chi connectivity index (χ3v) is 5.99. The smallest absolute Gasteiger partial charge is 0.235 e. The fraction of sp³-hybridized carbons (Fsp3) is 0.316. The number of fused-ring (bicyclic) bond motifs is 2. The van der Waals surface area contributed by atoms with Gasteiger partial charge in [-0.2, -0.15) is 0 Å². The van der Waals surface area contributed by atoms with Gasteiger partial charge < -0.3 is 5.32 Å². The average Bonchev–Trinajstić information content (AvgIpc) is 2.87. The van der Waals surface area contributed by atoms with Gasteiger partial charge in [-0.25, -0.2) is 4.39 Å².